The molecule has 0 saturated carbocycles. The molecule has 164 valence electrons. The van der Waals surface area contributed by atoms with Crippen LogP contribution in [0.1, 0.15) is 28.4 Å². The van der Waals surface area contributed by atoms with Crippen LogP contribution in [0.4, 0.5) is 5.69 Å². The Balaban J connectivity index is 1.53. The van der Waals surface area contributed by atoms with Gasteiger partial charge in [0.2, 0.25) is 0 Å². The molecule has 4 rings (SSSR count). The fourth-order valence-electron chi connectivity index (χ4n) is 3.75. The second kappa shape index (κ2) is 9.24. The van der Waals surface area contributed by atoms with E-state index in [1.807, 2.05) is 74.6 Å². The second-order valence-corrected chi connectivity index (χ2v) is 8.07. The largest absolute Gasteiger partial charge is 0.457 e. The molecule has 1 aliphatic heterocycles. The third-order valence-electron chi connectivity index (χ3n) is 5.66. The van der Waals surface area contributed by atoms with Crippen LogP contribution in [0.2, 0.25) is 0 Å². The van der Waals surface area contributed by atoms with Gasteiger partial charge in [0.05, 0.1) is 6.04 Å². The predicted molar refractivity (Wildman–Crippen MR) is 129 cm³/mol. The third-order valence-corrected chi connectivity index (χ3v) is 5.66. The van der Waals surface area contributed by atoms with Crippen LogP contribution in [0.3, 0.4) is 0 Å². The lowest BCUT2D eigenvalue weighted by atomic mass is 9.99. The maximum atomic E-state index is 12.5. The molecule has 32 heavy (non-hydrogen) atoms. The van der Waals surface area contributed by atoms with Crippen LogP contribution in [0.5, 0.6) is 11.5 Å². The highest BCUT2D eigenvalue weighted by Crippen LogP contribution is 2.31. The lowest BCUT2D eigenvalue weighted by molar-refractivity contribution is 0.0923. The summed E-state index contributed by atoms with van der Waals surface area (Å²) >= 11 is 0. The van der Waals surface area contributed by atoms with Gasteiger partial charge >= 0.3 is 0 Å². The predicted octanol–water partition coefficient (Wildman–Crippen LogP) is 4.59. The molecule has 3 aromatic rings. The Labute approximate surface area is 188 Å². The van der Waals surface area contributed by atoms with Crippen molar-refractivity contribution in [2.24, 2.45) is 0 Å². The van der Waals surface area contributed by atoms with E-state index < -0.39 is 0 Å². The average molecular weight is 429 g/mol. The maximum Gasteiger partial charge on any atom is 0.251 e. The van der Waals surface area contributed by atoms with Gasteiger partial charge in [0, 0.05) is 48.7 Å². The minimum atomic E-state index is -0.0263. The highest BCUT2D eigenvalue weighted by Gasteiger charge is 2.20. The van der Waals surface area contributed by atoms with Gasteiger partial charge in [-0.3, -0.25) is 4.79 Å². The van der Waals surface area contributed by atoms with Gasteiger partial charge in [-0.2, -0.15) is 0 Å². The minimum Gasteiger partial charge on any atom is -0.457 e. The molecule has 0 aliphatic carbocycles. The number of nitrogens with one attached hydrogen (secondary N) is 4. The van der Waals surface area contributed by atoms with Crippen molar-refractivity contribution in [2.75, 3.05) is 25.5 Å². The molecule has 1 aliphatic rings. The maximum absolute atomic E-state index is 12.5. The third kappa shape index (κ3) is 4.65. The molecule has 1 amide bonds. The van der Waals surface area contributed by atoms with Crippen LogP contribution in [-0.2, 0) is 0 Å². The Morgan fingerprint density at radius 3 is 2.38 bits per heavy atom. The normalized spacial score (nSPS) is 13.2. The number of hydrogen-bond acceptors (Lipinski definition) is 5. The van der Waals surface area contributed by atoms with E-state index in [1.54, 1.807) is 6.92 Å². The lowest BCUT2D eigenvalue weighted by Crippen LogP contribution is -2.57. The quantitative estimate of drug-likeness (QED) is 0.415. The van der Waals surface area contributed by atoms with Crippen molar-refractivity contribution < 1.29 is 9.53 Å². The molecule has 1 fully saturated rings. The van der Waals surface area contributed by atoms with E-state index in [0.29, 0.717) is 17.0 Å². The number of hydrogen-bond donors (Lipinski definition) is 4. The van der Waals surface area contributed by atoms with E-state index in [1.165, 1.54) is 0 Å². The van der Waals surface area contributed by atoms with Crippen LogP contribution < -0.4 is 20.7 Å². The minimum absolute atomic E-state index is 0.0263. The van der Waals surface area contributed by atoms with Gasteiger partial charge in [-0.1, -0.05) is 24.3 Å². The molecule has 0 radical (unpaired) electrons. The van der Waals surface area contributed by atoms with Crippen molar-refractivity contribution in [3.05, 3.63) is 77.4 Å². The van der Waals surface area contributed by atoms with Crippen molar-refractivity contribution in [1.82, 2.24) is 10.6 Å². The Bertz CT molecular complexity index is 1170. The summed E-state index contributed by atoms with van der Waals surface area (Å²) < 4.78 is 6.09. The summed E-state index contributed by atoms with van der Waals surface area (Å²) in [6, 6.07) is 19.7. The topological polar surface area (TPSA) is 86.2 Å². The van der Waals surface area contributed by atoms with Gasteiger partial charge in [0.15, 0.2) is 0 Å². The smallest absolute Gasteiger partial charge is 0.251 e. The first kappa shape index (κ1) is 21.6. The number of ether oxygens (including phenoxy) is 1. The van der Waals surface area contributed by atoms with Crippen LogP contribution in [-0.4, -0.2) is 37.8 Å². The van der Waals surface area contributed by atoms with Crippen molar-refractivity contribution in [3.63, 3.8) is 0 Å². The SMILES string of the molecule is CNc1cc(Oc2cccc(-c3ccc(C(=O)NC4CNC4)c(C)c3)c2)ccc1C(C)=N. The number of amides is 1. The summed E-state index contributed by atoms with van der Waals surface area (Å²) in [6.45, 7) is 5.38. The summed E-state index contributed by atoms with van der Waals surface area (Å²) in [5.74, 6) is 1.40. The van der Waals surface area contributed by atoms with E-state index in [4.69, 9.17) is 10.1 Å². The van der Waals surface area contributed by atoms with Crippen LogP contribution in [0.25, 0.3) is 11.1 Å². The first-order valence-corrected chi connectivity index (χ1v) is 10.7. The zero-order valence-electron chi connectivity index (χ0n) is 18.6. The van der Waals surface area contributed by atoms with Crippen LogP contribution in [0.15, 0.2) is 60.7 Å². The Kier molecular flexibility index (Phi) is 6.23. The fraction of sp³-hybridized carbons (Fsp3) is 0.231. The van der Waals surface area contributed by atoms with E-state index in [9.17, 15) is 4.79 Å². The van der Waals surface area contributed by atoms with Crippen molar-refractivity contribution in [3.8, 4) is 22.6 Å². The van der Waals surface area contributed by atoms with Crippen molar-refractivity contribution >= 4 is 17.3 Å². The van der Waals surface area contributed by atoms with Gasteiger partial charge in [-0.25, -0.2) is 0 Å². The van der Waals surface area contributed by atoms with E-state index >= 15 is 0 Å². The van der Waals surface area contributed by atoms with Crippen LogP contribution >= 0.6 is 0 Å². The van der Waals surface area contributed by atoms with Gasteiger partial charge < -0.3 is 26.1 Å². The number of rotatable bonds is 7. The zero-order valence-corrected chi connectivity index (χ0v) is 18.6. The molecular formula is C26H28N4O2. The standard InChI is InChI=1S/C26H28N4O2/c1-16-11-19(7-9-23(16)26(31)30-20-14-29-15-20)18-5-4-6-21(12-18)32-22-8-10-24(17(2)27)25(13-22)28-3/h4-13,20,27-29H,14-15H2,1-3H3,(H,30,31). The first-order chi connectivity index (χ1) is 15.4. The van der Waals surface area contributed by atoms with Crippen LogP contribution in [0, 0.1) is 12.3 Å². The molecule has 6 nitrogen and oxygen atoms in total. The fourth-order valence-corrected chi connectivity index (χ4v) is 3.75. The van der Waals surface area contributed by atoms with Crippen molar-refractivity contribution in [1.29, 1.82) is 5.41 Å². The summed E-state index contributed by atoms with van der Waals surface area (Å²) in [4.78, 5) is 12.5. The summed E-state index contributed by atoms with van der Waals surface area (Å²) in [5.41, 5.74) is 5.89. The van der Waals surface area contributed by atoms with Gasteiger partial charge in [0.25, 0.3) is 5.91 Å². The molecule has 1 saturated heterocycles. The molecule has 4 N–H and O–H groups in total. The Hall–Kier alpha value is -3.64. The van der Waals surface area contributed by atoms with Gasteiger partial charge in [0.1, 0.15) is 11.5 Å². The van der Waals surface area contributed by atoms with Crippen molar-refractivity contribution in [2.45, 2.75) is 19.9 Å². The molecule has 1 heterocycles. The monoisotopic (exact) mass is 428 g/mol. The second-order valence-electron chi connectivity index (χ2n) is 8.07. The molecular weight excluding hydrogens is 400 g/mol. The molecule has 0 aromatic heterocycles. The number of carbonyl (C=O) groups is 1. The number of aryl methyl sites for hydroxylation is 1. The molecule has 0 bridgehead atoms. The highest BCUT2D eigenvalue weighted by atomic mass is 16.5. The number of benzene rings is 3. The molecule has 6 heteroatoms. The highest BCUT2D eigenvalue weighted by molar-refractivity contribution is 6.01. The first-order valence-electron chi connectivity index (χ1n) is 10.7. The lowest BCUT2D eigenvalue weighted by Gasteiger charge is -2.28. The summed E-state index contributed by atoms with van der Waals surface area (Å²) in [7, 11) is 1.83. The van der Waals surface area contributed by atoms with Gasteiger partial charge in [-0.05, 0) is 60.9 Å². The van der Waals surface area contributed by atoms with E-state index in [0.717, 1.165) is 46.8 Å². The van der Waals surface area contributed by atoms with Gasteiger partial charge in [-0.15, -0.1) is 0 Å². The average Bonchev–Trinajstić information content (AvgIpc) is 2.76. The zero-order chi connectivity index (χ0) is 22.7. The number of carbonyl (C=O) groups excluding carboxylic acids is 1. The molecule has 0 unspecified atom stereocenters. The number of anilines is 1. The summed E-state index contributed by atoms with van der Waals surface area (Å²) in [5, 5.41) is 17.2. The van der Waals surface area contributed by atoms with E-state index in [2.05, 4.69) is 16.0 Å². The Morgan fingerprint density at radius 2 is 1.72 bits per heavy atom. The summed E-state index contributed by atoms with van der Waals surface area (Å²) in [6.07, 6.45) is 0. The molecule has 0 spiro atoms. The molecule has 0 atom stereocenters. The van der Waals surface area contributed by atoms with E-state index in [-0.39, 0.29) is 11.9 Å². The Morgan fingerprint density at radius 1 is 1.00 bits per heavy atom. The molecule has 3 aromatic carbocycles.